The second kappa shape index (κ2) is 15.1. The van der Waals surface area contributed by atoms with E-state index >= 15 is 0 Å². The van der Waals surface area contributed by atoms with Crippen LogP contribution in [-0.2, 0) is 35.2 Å². The summed E-state index contributed by atoms with van der Waals surface area (Å²) >= 11 is 2.78. The van der Waals surface area contributed by atoms with Crippen LogP contribution in [0.5, 0.6) is 0 Å². The number of aliphatic imine (C=N–C) groups is 1. The molecule has 0 spiro atoms. The van der Waals surface area contributed by atoms with Gasteiger partial charge in [-0.1, -0.05) is 32.1 Å². The van der Waals surface area contributed by atoms with Gasteiger partial charge in [0.2, 0.25) is 17.7 Å². The lowest BCUT2D eigenvalue weighted by molar-refractivity contribution is -0.153. The zero-order chi connectivity index (χ0) is 34.4. The van der Waals surface area contributed by atoms with Crippen LogP contribution in [0.25, 0.3) is 0 Å². The van der Waals surface area contributed by atoms with Gasteiger partial charge in [0.05, 0.1) is 24.3 Å². The highest BCUT2D eigenvalue weighted by atomic mass is 32.2. The highest BCUT2D eigenvalue weighted by molar-refractivity contribution is 8.14. The average molecular weight is 685 g/mol. The number of nitrogens with one attached hydrogen (secondary N) is 4. The molecule has 47 heavy (non-hydrogen) atoms. The molecule has 0 fully saturated rings. The fourth-order valence-electron chi connectivity index (χ4n) is 4.47. The fourth-order valence-corrected chi connectivity index (χ4v) is 6.40. The molecule has 0 radical (unpaired) electrons. The Balaban J connectivity index is 1.48. The number of thioether (sulfide) groups is 1. The van der Waals surface area contributed by atoms with Crippen molar-refractivity contribution in [1.29, 1.82) is 0 Å². The zero-order valence-corrected chi connectivity index (χ0v) is 28.8. The lowest BCUT2D eigenvalue weighted by Crippen LogP contribution is -2.53. The molecule has 252 valence electrons. The quantitative estimate of drug-likeness (QED) is 0.254. The van der Waals surface area contributed by atoms with Crippen molar-refractivity contribution in [2.75, 3.05) is 16.4 Å². The molecule has 13 nitrogen and oxygen atoms in total. The number of para-hydroxylation sites is 2. The van der Waals surface area contributed by atoms with Crippen molar-refractivity contribution >= 4 is 69.3 Å². The number of rotatable bonds is 6. The molecule has 1 unspecified atom stereocenters. The molecule has 1 aromatic heterocycles. The van der Waals surface area contributed by atoms with E-state index in [1.165, 1.54) is 35.3 Å². The Hall–Kier alpha value is -4.24. The van der Waals surface area contributed by atoms with Crippen molar-refractivity contribution in [2.45, 2.75) is 84.2 Å². The molecule has 4 amide bonds. The first kappa shape index (κ1) is 35.6. The van der Waals surface area contributed by atoms with Gasteiger partial charge in [-0.15, -0.1) is 23.1 Å². The number of benzene rings is 1. The van der Waals surface area contributed by atoms with Crippen molar-refractivity contribution in [3.05, 3.63) is 52.5 Å². The van der Waals surface area contributed by atoms with Gasteiger partial charge in [-0.05, 0) is 51.8 Å². The van der Waals surface area contributed by atoms with Crippen LogP contribution >= 0.6 is 23.1 Å². The Labute approximate surface area is 281 Å². The SMILES string of the molecule is CC(C)C1NC(=O)[C@]2(C)CSC(=N2)c2csc(n2)CNC(=O)C[C@@H](C=CCC(=O)Nc2ccccc2NC(=O)OC(C)(C)C)OC1=O. The Bertz CT molecular complexity index is 1580. The molecule has 0 aliphatic carbocycles. The summed E-state index contributed by atoms with van der Waals surface area (Å²) in [6, 6.07) is 5.66. The topological polar surface area (TPSA) is 177 Å². The molecule has 1 aromatic carbocycles. The minimum Gasteiger partial charge on any atom is -0.456 e. The Kier molecular flexibility index (Phi) is 11.4. The van der Waals surface area contributed by atoms with Gasteiger partial charge >= 0.3 is 12.1 Å². The molecule has 3 atom stereocenters. The number of carbonyl (C=O) groups is 5. The summed E-state index contributed by atoms with van der Waals surface area (Å²) in [5, 5.41) is 14.1. The minimum atomic E-state index is -1.10. The molecular weight excluding hydrogens is 645 g/mol. The largest absolute Gasteiger partial charge is 0.456 e. The van der Waals surface area contributed by atoms with E-state index in [1.807, 2.05) is 5.38 Å². The van der Waals surface area contributed by atoms with E-state index in [9.17, 15) is 24.0 Å². The summed E-state index contributed by atoms with van der Waals surface area (Å²) in [5.74, 6) is -1.89. The maximum atomic E-state index is 13.4. The number of cyclic esters (lactones) is 1. The number of aromatic nitrogens is 1. The molecule has 0 saturated heterocycles. The maximum Gasteiger partial charge on any atom is 0.412 e. The second-order valence-corrected chi connectivity index (χ2v) is 14.5. The second-order valence-electron chi connectivity index (χ2n) is 12.6. The lowest BCUT2D eigenvalue weighted by atomic mass is 10.0. The molecule has 0 saturated carbocycles. The normalized spacial score (nSPS) is 22.3. The van der Waals surface area contributed by atoms with Crippen LogP contribution in [0.3, 0.4) is 0 Å². The van der Waals surface area contributed by atoms with Crippen LogP contribution in [0.15, 0.2) is 46.8 Å². The standard InChI is InChI=1S/C32H40N6O7S2/c1-18(2)26-28(41)44-19(10-9-13-23(39)34-20-11-7-8-12-21(20)36-30(43)45-31(3,4)5)14-24(40)33-15-25-35-22(16-46-25)27-38-32(6,17-47-27)29(42)37-26/h7-12,16,18-19,26H,13-15,17H2,1-6H3,(H,33,40)(H,34,39)(H,36,43)(H,37,42)/t19-,26?,32+/m1/s1. The number of ether oxygens (including phenoxy) is 2. The summed E-state index contributed by atoms with van der Waals surface area (Å²) in [4.78, 5) is 74.0. The lowest BCUT2D eigenvalue weighted by Gasteiger charge is -2.27. The smallest absolute Gasteiger partial charge is 0.412 e. The number of carbonyl (C=O) groups excluding carboxylic acids is 5. The average Bonchev–Trinajstić information content (AvgIpc) is 3.61. The third-order valence-electron chi connectivity index (χ3n) is 6.89. The molecule has 2 aliphatic heterocycles. The zero-order valence-electron chi connectivity index (χ0n) is 27.2. The van der Waals surface area contributed by atoms with Gasteiger partial charge in [0, 0.05) is 17.6 Å². The van der Waals surface area contributed by atoms with Gasteiger partial charge in [0.15, 0.2) is 0 Å². The van der Waals surface area contributed by atoms with Crippen LogP contribution in [0.1, 0.15) is 65.1 Å². The van der Waals surface area contributed by atoms with Crippen LogP contribution in [-0.4, -0.2) is 68.9 Å². The maximum absolute atomic E-state index is 13.4. The van der Waals surface area contributed by atoms with E-state index in [4.69, 9.17) is 9.47 Å². The predicted molar refractivity (Wildman–Crippen MR) is 181 cm³/mol. The van der Waals surface area contributed by atoms with E-state index in [-0.39, 0.29) is 25.3 Å². The first-order valence-electron chi connectivity index (χ1n) is 15.1. The van der Waals surface area contributed by atoms with Gasteiger partial charge in [-0.3, -0.25) is 24.7 Å². The number of hydrogen-bond donors (Lipinski definition) is 4. The molecule has 4 N–H and O–H groups in total. The van der Waals surface area contributed by atoms with Crippen molar-refractivity contribution in [1.82, 2.24) is 15.6 Å². The summed E-state index contributed by atoms with van der Waals surface area (Å²) in [6.45, 7) is 10.7. The molecule has 3 heterocycles. The summed E-state index contributed by atoms with van der Waals surface area (Å²) in [5.41, 5.74) is -0.456. The molecule has 2 aliphatic rings. The van der Waals surface area contributed by atoms with Crippen LogP contribution in [0, 0.1) is 5.92 Å². The number of esters is 1. The first-order chi connectivity index (χ1) is 22.1. The molecule has 2 aromatic rings. The van der Waals surface area contributed by atoms with Crippen molar-refractivity contribution in [3.63, 3.8) is 0 Å². The van der Waals surface area contributed by atoms with Gasteiger partial charge in [0.1, 0.15) is 39.0 Å². The number of nitrogens with zero attached hydrogens (tertiary/aromatic N) is 2. The van der Waals surface area contributed by atoms with Crippen molar-refractivity contribution in [2.24, 2.45) is 10.9 Å². The number of anilines is 2. The highest BCUT2D eigenvalue weighted by Crippen LogP contribution is 2.32. The van der Waals surface area contributed by atoms with Crippen molar-refractivity contribution < 1.29 is 33.4 Å². The number of fused-ring (bicyclic) bond motifs is 4. The van der Waals surface area contributed by atoms with Gasteiger partial charge < -0.3 is 25.4 Å². The van der Waals surface area contributed by atoms with Gasteiger partial charge in [0.25, 0.3) is 0 Å². The number of thiazole rings is 1. The third-order valence-corrected chi connectivity index (χ3v) is 9.02. The first-order valence-corrected chi connectivity index (χ1v) is 17.0. The van der Waals surface area contributed by atoms with Gasteiger partial charge in [-0.2, -0.15) is 0 Å². The van der Waals surface area contributed by atoms with Crippen LogP contribution in [0.2, 0.25) is 0 Å². The monoisotopic (exact) mass is 684 g/mol. The van der Waals surface area contributed by atoms with Gasteiger partial charge in [-0.25, -0.2) is 14.6 Å². The van der Waals surface area contributed by atoms with Crippen LogP contribution < -0.4 is 21.3 Å². The summed E-state index contributed by atoms with van der Waals surface area (Å²) in [7, 11) is 0. The molecular formula is C32H40N6O7S2. The molecule has 15 heteroatoms. The van der Waals surface area contributed by atoms with E-state index < -0.39 is 53.1 Å². The summed E-state index contributed by atoms with van der Waals surface area (Å²) < 4.78 is 11.0. The highest BCUT2D eigenvalue weighted by Gasteiger charge is 2.41. The summed E-state index contributed by atoms with van der Waals surface area (Å²) in [6.07, 6.45) is 0.919. The minimum absolute atomic E-state index is 0.126. The van der Waals surface area contributed by atoms with Crippen LogP contribution in [0.4, 0.5) is 16.2 Å². The molecule has 4 bridgehead atoms. The van der Waals surface area contributed by atoms with E-state index in [2.05, 4.69) is 31.2 Å². The van der Waals surface area contributed by atoms with E-state index in [0.29, 0.717) is 32.9 Å². The van der Waals surface area contributed by atoms with Crippen molar-refractivity contribution in [3.8, 4) is 0 Å². The molecule has 4 rings (SSSR count). The third kappa shape index (κ3) is 10.1. The number of hydrogen-bond acceptors (Lipinski definition) is 11. The Morgan fingerprint density at radius 2 is 1.87 bits per heavy atom. The fraction of sp³-hybridized carbons (Fsp3) is 0.469. The Morgan fingerprint density at radius 3 is 2.55 bits per heavy atom. The number of amides is 4. The Morgan fingerprint density at radius 1 is 1.17 bits per heavy atom. The van der Waals surface area contributed by atoms with E-state index in [1.54, 1.807) is 65.8 Å². The predicted octanol–water partition coefficient (Wildman–Crippen LogP) is 4.40. The van der Waals surface area contributed by atoms with E-state index in [0.717, 1.165) is 0 Å².